The number of nitrogens with zero attached hydrogens (tertiary/aromatic N) is 1. The van der Waals surface area contributed by atoms with Crippen LogP contribution in [0, 0.1) is 0 Å². The molecule has 2 N–H and O–H groups in total. The number of fused-ring (bicyclic) bond motifs is 1. The SMILES string of the molecule is CSCCC(N)Cc1ccc2ccccc2n1. The third-order valence-corrected chi connectivity index (χ3v) is 3.46. The highest BCUT2D eigenvalue weighted by Crippen LogP contribution is 2.13. The summed E-state index contributed by atoms with van der Waals surface area (Å²) in [5.74, 6) is 1.12. The predicted molar refractivity (Wildman–Crippen MR) is 76.4 cm³/mol. The van der Waals surface area contributed by atoms with Gasteiger partial charge in [-0.1, -0.05) is 24.3 Å². The minimum atomic E-state index is 0.219. The van der Waals surface area contributed by atoms with Gasteiger partial charge >= 0.3 is 0 Å². The van der Waals surface area contributed by atoms with Crippen LogP contribution >= 0.6 is 11.8 Å². The fraction of sp³-hybridized carbons (Fsp3) is 0.357. The molecule has 2 rings (SSSR count). The van der Waals surface area contributed by atoms with Crippen molar-refractivity contribution in [3.05, 3.63) is 42.1 Å². The number of hydrogen-bond acceptors (Lipinski definition) is 3. The van der Waals surface area contributed by atoms with E-state index in [-0.39, 0.29) is 6.04 Å². The van der Waals surface area contributed by atoms with Gasteiger partial charge in [0.2, 0.25) is 0 Å². The fourth-order valence-electron chi connectivity index (χ4n) is 1.86. The van der Waals surface area contributed by atoms with Crippen molar-refractivity contribution in [3.8, 4) is 0 Å². The van der Waals surface area contributed by atoms with Gasteiger partial charge in [0.05, 0.1) is 5.52 Å². The molecule has 0 saturated heterocycles. The lowest BCUT2D eigenvalue weighted by molar-refractivity contribution is 0.643. The topological polar surface area (TPSA) is 38.9 Å². The summed E-state index contributed by atoms with van der Waals surface area (Å²) in [6.45, 7) is 0. The van der Waals surface area contributed by atoms with E-state index in [9.17, 15) is 0 Å². The minimum absolute atomic E-state index is 0.219. The zero-order valence-corrected chi connectivity index (χ0v) is 10.9. The smallest absolute Gasteiger partial charge is 0.0705 e. The summed E-state index contributed by atoms with van der Waals surface area (Å²) in [5.41, 5.74) is 8.23. The van der Waals surface area contributed by atoms with Crippen LogP contribution in [0.2, 0.25) is 0 Å². The van der Waals surface area contributed by atoms with Gasteiger partial charge in [0.25, 0.3) is 0 Å². The van der Waals surface area contributed by atoms with Crippen LogP contribution in [0.3, 0.4) is 0 Å². The van der Waals surface area contributed by atoms with Gasteiger partial charge in [-0.25, -0.2) is 0 Å². The first-order valence-corrected chi connectivity index (χ1v) is 7.28. The Morgan fingerprint density at radius 1 is 1.24 bits per heavy atom. The van der Waals surface area contributed by atoms with Crippen molar-refractivity contribution in [2.24, 2.45) is 5.73 Å². The van der Waals surface area contributed by atoms with Gasteiger partial charge in [-0.15, -0.1) is 0 Å². The summed E-state index contributed by atoms with van der Waals surface area (Å²) < 4.78 is 0. The molecule has 0 spiro atoms. The van der Waals surface area contributed by atoms with Crippen LogP contribution in [-0.2, 0) is 6.42 Å². The Kier molecular flexibility index (Phi) is 4.40. The Bertz CT molecular complexity index is 484. The maximum absolute atomic E-state index is 6.08. The van der Waals surface area contributed by atoms with Gasteiger partial charge in [0.1, 0.15) is 0 Å². The molecule has 1 atom stereocenters. The van der Waals surface area contributed by atoms with E-state index in [1.165, 1.54) is 5.39 Å². The maximum Gasteiger partial charge on any atom is 0.0705 e. The summed E-state index contributed by atoms with van der Waals surface area (Å²) in [6, 6.07) is 12.6. The van der Waals surface area contributed by atoms with Crippen LogP contribution in [0.4, 0.5) is 0 Å². The van der Waals surface area contributed by atoms with Gasteiger partial charge in [-0.05, 0) is 30.6 Å². The molecule has 0 fully saturated rings. The second-order valence-electron chi connectivity index (χ2n) is 4.24. The van der Waals surface area contributed by atoms with Crippen molar-refractivity contribution in [2.45, 2.75) is 18.9 Å². The number of thioether (sulfide) groups is 1. The lowest BCUT2D eigenvalue weighted by Gasteiger charge is -2.10. The van der Waals surface area contributed by atoms with Crippen LogP contribution in [-0.4, -0.2) is 23.0 Å². The van der Waals surface area contributed by atoms with Crippen LogP contribution in [0.1, 0.15) is 12.1 Å². The molecule has 17 heavy (non-hydrogen) atoms. The number of para-hydroxylation sites is 1. The average Bonchev–Trinajstić information content (AvgIpc) is 2.36. The zero-order valence-electron chi connectivity index (χ0n) is 10.1. The molecule has 0 aliphatic rings. The highest BCUT2D eigenvalue weighted by molar-refractivity contribution is 7.98. The maximum atomic E-state index is 6.08. The number of nitrogens with two attached hydrogens (primary N) is 1. The van der Waals surface area contributed by atoms with Gasteiger partial charge < -0.3 is 5.73 Å². The van der Waals surface area contributed by atoms with E-state index >= 15 is 0 Å². The largest absolute Gasteiger partial charge is 0.327 e. The molecule has 0 bridgehead atoms. The molecular weight excluding hydrogens is 228 g/mol. The molecule has 1 aromatic carbocycles. The summed E-state index contributed by atoms with van der Waals surface area (Å²) >= 11 is 1.84. The number of pyridine rings is 1. The van der Waals surface area contributed by atoms with E-state index in [0.717, 1.165) is 29.8 Å². The van der Waals surface area contributed by atoms with Crippen LogP contribution in [0.5, 0.6) is 0 Å². The van der Waals surface area contributed by atoms with Crippen LogP contribution in [0.25, 0.3) is 10.9 Å². The Labute approximate surface area is 107 Å². The fourth-order valence-corrected chi connectivity index (χ4v) is 2.40. The van der Waals surface area contributed by atoms with Gasteiger partial charge in [0, 0.05) is 23.5 Å². The van der Waals surface area contributed by atoms with E-state index in [1.807, 2.05) is 30.0 Å². The molecule has 2 aromatic rings. The first-order valence-electron chi connectivity index (χ1n) is 5.89. The van der Waals surface area contributed by atoms with Gasteiger partial charge in [-0.2, -0.15) is 11.8 Å². The standard InChI is InChI=1S/C14H18N2S/c1-17-9-8-12(15)10-13-7-6-11-4-2-3-5-14(11)16-13/h2-7,12H,8-10,15H2,1H3. The van der Waals surface area contributed by atoms with E-state index in [2.05, 4.69) is 29.4 Å². The normalized spacial score (nSPS) is 12.8. The average molecular weight is 246 g/mol. The van der Waals surface area contributed by atoms with E-state index < -0.39 is 0 Å². The first-order chi connectivity index (χ1) is 8.29. The molecule has 0 radical (unpaired) electrons. The van der Waals surface area contributed by atoms with E-state index in [0.29, 0.717) is 0 Å². The highest BCUT2D eigenvalue weighted by atomic mass is 32.2. The monoisotopic (exact) mass is 246 g/mol. The molecule has 1 unspecified atom stereocenters. The van der Waals surface area contributed by atoms with Crippen molar-refractivity contribution >= 4 is 22.7 Å². The number of aromatic nitrogens is 1. The van der Waals surface area contributed by atoms with Crippen LogP contribution in [0.15, 0.2) is 36.4 Å². The quantitative estimate of drug-likeness (QED) is 0.881. The molecule has 0 aliphatic carbocycles. The number of rotatable bonds is 5. The third-order valence-electron chi connectivity index (χ3n) is 2.82. The molecule has 0 saturated carbocycles. The lowest BCUT2D eigenvalue weighted by atomic mass is 10.1. The zero-order chi connectivity index (χ0) is 12.1. The summed E-state index contributed by atoms with van der Waals surface area (Å²) in [4.78, 5) is 4.64. The Hall–Kier alpha value is -1.06. The molecule has 2 nitrogen and oxygen atoms in total. The molecule has 1 heterocycles. The molecule has 90 valence electrons. The van der Waals surface area contributed by atoms with Gasteiger partial charge in [0.15, 0.2) is 0 Å². The Balaban J connectivity index is 2.08. The molecule has 1 aromatic heterocycles. The van der Waals surface area contributed by atoms with Crippen molar-refractivity contribution in [1.29, 1.82) is 0 Å². The second kappa shape index (κ2) is 6.03. The van der Waals surface area contributed by atoms with Gasteiger partial charge in [-0.3, -0.25) is 4.98 Å². The Morgan fingerprint density at radius 2 is 2.06 bits per heavy atom. The first kappa shape index (κ1) is 12.4. The van der Waals surface area contributed by atoms with E-state index in [1.54, 1.807) is 0 Å². The summed E-state index contributed by atoms with van der Waals surface area (Å²) in [5, 5.41) is 1.19. The lowest BCUT2D eigenvalue weighted by Crippen LogP contribution is -2.24. The summed E-state index contributed by atoms with van der Waals surface area (Å²) in [7, 11) is 0. The molecular formula is C14H18N2S. The number of benzene rings is 1. The molecule has 3 heteroatoms. The molecule has 0 amide bonds. The van der Waals surface area contributed by atoms with Crippen molar-refractivity contribution in [3.63, 3.8) is 0 Å². The molecule has 0 aliphatic heterocycles. The summed E-state index contributed by atoms with van der Waals surface area (Å²) in [6.07, 6.45) is 4.03. The third kappa shape index (κ3) is 3.45. The Morgan fingerprint density at radius 3 is 2.88 bits per heavy atom. The van der Waals surface area contributed by atoms with Crippen LogP contribution < -0.4 is 5.73 Å². The second-order valence-corrected chi connectivity index (χ2v) is 5.23. The van der Waals surface area contributed by atoms with E-state index in [4.69, 9.17) is 5.73 Å². The number of hydrogen-bond donors (Lipinski definition) is 1. The van der Waals surface area contributed by atoms with Crippen molar-refractivity contribution in [1.82, 2.24) is 4.98 Å². The predicted octanol–water partition coefficient (Wildman–Crippen LogP) is 2.86. The highest BCUT2D eigenvalue weighted by Gasteiger charge is 2.05. The van der Waals surface area contributed by atoms with Crippen molar-refractivity contribution < 1.29 is 0 Å². The minimum Gasteiger partial charge on any atom is -0.327 e. The van der Waals surface area contributed by atoms with Crippen molar-refractivity contribution in [2.75, 3.05) is 12.0 Å².